The third kappa shape index (κ3) is 10.2. The average molecular weight is 642 g/mol. The van der Waals surface area contributed by atoms with Crippen LogP contribution in [0.5, 0.6) is 11.5 Å². The smallest absolute Gasteiger partial charge is 0.331 e. The summed E-state index contributed by atoms with van der Waals surface area (Å²) < 4.78 is 33.7. The molecular formula is C30H38Cl2N2O9. The molecule has 1 N–H and O–H groups in total. The number of halogens is 2. The molecule has 4 unspecified atom stereocenters. The van der Waals surface area contributed by atoms with Gasteiger partial charge in [-0.2, -0.15) is 0 Å². The highest BCUT2D eigenvalue weighted by molar-refractivity contribution is 6.35. The molecule has 0 saturated carbocycles. The van der Waals surface area contributed by atoms with Gasteiger partial charge in [0.2, 0.25) is 6.79 Å². The van der Waals surface area contributed by atoms with Crippen LogP contribution in [0.2, 0.25) is 10.0 Å². The van der Waals surface area contributed by atoms with Crippen molar-refractivity contribution < 1.29 is 42.8 Å². The molecule has 4 atom stereocenters. The van der Waals surface area contributed by atoms with Crippen LogP contribution in [0, 0.1) is 5.92 Å². The Kier molecular flexibility index (Phi) is 13.8. The van der Waals surface area contributed by atoms with Gasteiger partial charge in [0.1, 0.15) is 6.10 Å². The number of cyclic esters (lactones) is 1. The summed E-state index contributed by atoms with van der Waals surface area (Å²) in [5.74, 6) is -2.11. The number of rotatable bonds is 13. The molecule has 1 fully saturated rings. The molecule has 11 nitrogen and oxygen atoms in total. The van der Waals surface area contributed by atoms with E-state index in [0.717, 1.165) is 24.8 Å². The predicted octanol–water partition coefficient (Wildman–Crippen LogP) is 4.79. The fourth-order valence-corrected chi connectivity index (χ4v) is 5.08. The number of nitrogens with one attached hydrogen (secondary N) is 1. The summed E-state index contributed by atoms with van der Waals surface area (Å²) in [6.45, 7) is 5.14. The molecule has 1 aromatic heterocycles. The number of methoxy groups -OCH3 is 1. The van der Waals surface area contributed by atoms with E-state index < -0.39 is 42.9 Å². The maximum absolute atomic E-state index is 13.3. The quantitative estimate of drug-likeness (QED) is 0.185. The second-order valence-corrected chi connectivity index (χ2v) is 10.9. The summed E-state index contributed by atoms with van der Waals surface area (Å²) >= 11 is 12.6. The number of carbonyl (C=O) groups is 3. The highest BCUT2D eigenvalue weighted by Gasteiger charge is 2.36. The molecule has 236 valence electrons. The molecule has 1 amide bonds. The minimum absolute atomic E-state index is 0.0603. The number of carbonyl (C=O) groups excluding carboxylic acids is 3. The zero-order valence-corrected chi connectivity index (χ0v) is 26.2. The Bertz CT molecular complexity index is 1250. The molecular weight excluding hydrogens is 603 g/mol. The molecule has 2 heterocycles. The van der Waals surface area contributed by atoms with Crippen molar-refractivity contribution in [3.05, 3.63) is 51.8 Å². The summed E-state index contributed by atoms with van der Waals surface area (Å²) in [6.07, 6.45) is 3.57. The highest BCUT2D eigenvalue weighted by atomic mass is 35.5. The lowest BCUT2D eigenvalue weighted by atomic mass is 9.91. The van der Waals surface area contributed by atoms with Gasteiger partial charge in [0.15, 0.2) is 23.2 Å². The maximum Gasteiger partial charge on any atom is 0.331 e. The van der Waals surface area contributed by atoms with E-state index in [1.54, 1.807) is 19.1 Å². The van der Waals surface area contributed by atoms with E-state index in [-0.39, 0.29) is 36.3 Å². The summed E-state index contributed by atoms with van der Waals surface area (Å²) in [4.78, 5) is 41.9. The van der Waals surface area contributed by atoms with Crippen molar-refractivity contribution in [1.29, 1.82) is 0 Å². The zero-order chi connectivity index (χ0) is 31.4. The standard InChI is InChI=1S/C30H38Cl2N2O9/c1-5-6-7-12-40-27-18(2)43-30(37)24(16-39-15-21(27)13-20-8-9-22(31)14-23(20)32)34-29(36)26-28(42-17-41-19(3)35)25(38-4)10-11-33-26/h8-11,14,18,21,24,27H,5-7,12-13,15-17H2,1-4H3,(H,34,36). The van der Waals surface area contributed by atoms with Crippen LogP contribution in [0.4, 0.5) is 0 Å². The number of benzene rings is 1. The molecule has 1 saturated heterocycles. The maximum atomic E-state index is 13.3. The van der Waals surface area contributed by atoms with Gasteiger partial charge in [-0.25, -0.2) is 9.78 Å². The fourth-order valence-electron chi connectivity index (χ4n) is 4.59. The van der Waals surface area contributed by atoms with E-state index in [1.165, 1.54) is 26.3 Å². The van der Waals surface area contributed by atoms with E-state index in [2.05, 4.69) is 17.2 Å². The molecule has 0 spiro atoms. The number of pyridine rings is 1. The summed E-state index contributed by atoms with van der Waals surface area (Å²) in [7, 11) is 1.38. The van der Waals surface area contributed by atoms with Crippen LogP contribution >= 0.6 is 23.2 Å². The third-order valence-corrected chi connectivity index (χ3v) is 7.35. The van der Waals surface area contributed by atoms with E-state index in [9.17, 15) is 14.4 Å². The summed E-state index contributed by atoms with van der Waals surface area (Å²) in [6, 6.07) is 5.61. The molecule has 1 aliphatic heterocycles. The Balaban J connectivity index is 1.80. The molecule has 0 radical (unpaired) electrons. The van der Waals surface area contributed by atoms with Crippen molar-refractivity contribution >= 4 is 41.0 Å². The van der Waals surface area contributed by atoms with Gasteiger partial charge >= 0.3 is 11.9 Å². The topological polar surface area (TPSA) is 132 Å². The number of esters is 2. The number of ether oxygens (including phenoxy) is 6. The van der Waals surface area contributed by atoms with Gasteiger partial charge < -0.3 is 33.7 Å². The number of nitrogens with zero attached hydrogens (tertiary/aromatic N) is 1. The Morgan fingerprint density at radius 3 is 2.65 bits per heavy atom. The lowest BCUT2D eigenvalue weighted by molar-refractivity contribution is -0.160. The molecule has 1 aromatic carbocycles. The average Bonchev–Trinajstić information content (AvgIpc) is 3.01. The van der Waals surface area contributed by atoms with Gasteiger partial charge in [-0.1, -0.05) is 49.0 Å². The van der Waals surface area contributed by atoms with Crippen LogP contribution in [0.25, 0.3) is 0 Å². The van der Waals surface area contributed by atoms with Crippen molar-refractivity contribution in [2.75, 3.05) is 33.7 Å². The van der Waals surface area contributed by atoms with Crippen molar-refractivity contribution in [2.24, 2.45) is 5.92 Å². The molecule has 2 aromatic rings. The van der Waals surface area contributed by atoms with Gasteiger partial charge in [0.25, 0.3) is 5.91 Å². The molecule has 43 heavy (non-hydrogen) atoms. The van der Waals surface area contributed by atoms with E-state index in [0.29, 0.717) is 23.1 Å². The fraction of sp³-hybridized carbons (Fsp3) is 0.533. The molecule has 1 aliphatic rings. The number of hydrogen-bond acceptors (Lipinski definition) is 10. The van der Waals surface area contributed by atoms with Crippen molar-refractivity contribution in [3.63, 3.8) is 0 Å². The van der Waals surface area contributed by atoms with Gasteiger partial charge in [0.05, 0.1) is 26.4 Å². The number of hydrogen-bond donors (Lipinski definition) is 1. The Morgan fingerprint density at radius 2 is 1.95 bits per heavy atom. The third-order valence-electron chi connectivity index (χ3n) is 6.76. The zero-order valence-electron chi connectivity index (χ0n) is 24.7. The van der Waals surface area contributed by atoms with Gasteiger partial charge in [-0.15, -0.1) is 0 Å². The van der Waals surface area contributed by atoms with Crippen LogP contribution < -0.4 is 14.8 Å². The molecule has 3 rings (SSSR count). The number of aromatic nitrogens is 1. The first-order valence-electron chi connectivity index (χ1n) is 14.1. The Hall–Kier alpha value is -3.12. The Morgan fingerprint density at radius 1 is 1.16 bits per heavy atom. The van der Waals surface area contributed by atoms with E-state index in [4.69, 9.17) is 51.6 Å². The van der Waals surface area contributed by atoms with Gasteiger partial charge in [-0.05, 0) is 37.5 Å². The van der Waals surface area contributed by atoms with Crippen LogP contribution in [0.1, 0.15) is 56.1 Å². The SMILES string of the molecule is CCCCCOC1C(Cc2ccc(Cl)cc2Cl)COCC(NC(=O)c2nccc(OC)c2OCOC(C)=O)C(=O)OC1C. The van der Waals surface area contributed by atoms with Crippen molar-refractivity contribution in [2.45, 2.75) is 64.7 Å². The lowest BCUT2D eigenvalue weighted by Gasteiger charge is -2.31. The second kappa shape index (κ2) is 17.2. The van der Waals surface area contributed by atoms with Crippen LogP contribution in [0.3, 0.4) is 0 Å². The van der Waals surface area contributed by atoms with Crippen LogP contribution in [-0.4, -0.2) is 74.8 Å². The summed E-state index contributed by atoms with van der Waals surface area (Å²) in [5.41, 5.74) is 0.675. The predicted molar refractivity (Wildman–Crippen MR) is 159 cm³/mol. The highest BCUT2D eigenvalue weighted by Crippen LogP contribution is 2.30. The molecule has 0 bridgehead atoms. The van der Waals surface area contributed by atoms with Gasteiger partial charge in [0, 0.05) is 41.8 Å². The molecule has 0 aliphatic carbocycles. The van der Waals surface area contributed by atoms with Gasteiger partial charge in [-0.3, -0.25) is 9.59 Å². The van der Waals surface area contributed by atoms with Crippen molar-refractivity contribution in [3.8, 4) is 11.5 Å². The van der Waals surface area contributed by atoms with E-state index >= 15 is 0 Å². The number of unbranched alkanes of at least 4 members (excludes halogenated alkanes) is 2. The lowest BCUT2D eigenvalue weighted by Crippen LogP contribution is -2.46. The first-order chi connectivity index (χ1) is 20.6. The first-order valence-corrected chi connectivity index (χ1v) is 14.8. The minimum atomic E-state index is -1.16. The number of amides is 1. The van der Waals surface area contributed by atoms with Crippen molar-refractivity contribution in [1.82, 2.24) is 10.3 Å². The van der Waals surface area contributed by atoms with E-state index in [1.807, 2.05) is 6.07 Å². The summed E-state index contributed by atoms with van der Waals surface area (Å²) in [5, 5.41) is 3.67. The largest absolute Gasteiger partial charge is 0.493 e. The second-order valence-electron chi connectivity index (χ2n) is 10.0. The minimum Gasteiger partial charge on any atom is -0.493 e. The normalized spacial score (nSPS) is 20.7. The molecule has 13 heteroatoms. The monoisotopic (exact) mass is 640 g/mol. The first kappa shape index (κ1) is 34.4. The van der Waals surface area contributed by atoms with Crippen LogP contribution in [-0.2, 0) is 35.0 Å². The Labute approximate surface area is 261 Å². The van der Waals surface area contributed by atoms with Crippen LogP contribution in [0.15, 0.2) is 30.5 Å².